The summed E-state index contributed by atoms with van der Waals surface area (Å²) >= 11 is 0. The monoisotopic (exact) mass is 372 g/mol. The number of fused-ring (bicyclic) bond motifs is 1. The van der Waals surface area contributed by atoms with Crippen molar-refractivity contribution in [1.82, 2.24) is 9.55 Å². The molecule has 0 aliphatic rings. The number of benzene rings is 3. The van der Waals surface area contributed by atoms with Crippen LogP contribution in [0.3, 0.4) is 0 Å². The molecule has 0 bridgehead atoms. The molecule has 1 aromatic heterocycles. The topological polar surface area (TPSA) is 36.3 Å². The van der Waals surface area contributed by atoms with Crippen LogP contribution in [0.5, 0.6) is 11.5 Å². The Kier molecular flexibility index (Phi) is 5.29. The zero-order valence-electron chi connectivity index (χ0n) is 16.2. The van der Waals surface area contributed by atoms with E-state index in [1.54, 1.807) is 0 Å². The maximum Gasteiger partial charge on any atom is 0.153 e. The first-order valence-electron chi connectivity index (χ1n) is 9.57. The minimum Gasteiger partial charge on any atom is -0.491 e. The fourth-order valence-electron chi connectivity index (χ4n) is 3.36. The highest BCUT2D eigenvalue weighted by Crippen LogP contribution is 2.25. The van der Waals surface area contributed by atoms with Crippen LogP contribution in [0.2, 0.25) is 0 Å². The SMILES string of the molecule is Cc1ccccc1OCCn1c(C(C)Oc2ccccc2)nc2ccccc21. The van der Waals surface area contributed by atoms with E-state index in [-0.39, 0.29) is 6.10 Å². The van der Waals surface area contributed by atoms with Crippen LogP contribution in [-0.2, 0) is 6.54 Å². The van der Waals surface area contributed by atoms with E-state index in [4.69, 9.17) is 14.5 Å². The molecule has 0 aliphatic carbocycles. The molecule has 0 fully saturated rings. The lowest BCUT2D eigenvalue weighted by molar-refractivity contribution is 0.207. The Morgan fingerprint density at radius 2 is 1.61 bits per heavy atom. The molecule has 1 heterocycles. The highest BCUT2D eigenvalue weighted by molar-refractivity contribution is 5.76. The van der Waals surface area contributed by atoms with Crippen LogP contribution in [0, 0.1) is 6.92 Å². The molecule has 28 heavy (non-hydrogen) atoms. The van der Waals surface area contributed by atoms with Crippen molar-refractivity contribution in [2.75, 3.05) is 6.61 Å². The minimum atomic E-state index is -0.173. The van der Waals surface area contributed by atoms with Gasteiger partial charge in [0.05, 0.1) is 17.6 Å². The fraction of sp³-hybridized carbons (Fsp3) is 0.208. The lowest BCUT2D eigenvalue weighted by Crippen LogP contribution is -2.15. The summed E-state index contributed by atoms with van der Waals surface area (Å²) in [6.45, 7) is 5.36. The number of nitrogens with zero attached hydrogens (tertiary/aromatic N) is 2. The van der Waals surface area contributed by atoms with Crippen molar-refractivity contribution in [3.8, 4) is 11.5 Å². The lowest BCUT2D eigenvalue weighted by atomic mass is 10.2. The van der Waals surface area contributed by atoms with Gasteiger partial charge in [-0.3, -0.25) is 0 Å². The van der Waals surface area contributed by atoms with Crippen LogP contribution in [0.15, 0.2) is 78.9 Å². The summed E-state index contributed by atoms with van der Waals surface area (Å²) in [5, 5.41) is 0. The Labute approximate surface area is 165 Å². The van der Waals surface area contributed by atoms with Gasteiger partial charge in [0.25, 0.3) is 0 Å². The Bertz CT molecular complexity index is 1060. The molecule has 142 valence electrons. The molecular formula is C24H24N2O2. The molecule has 1 atom stereocenters. The van der Waals surface area contributed by atoms with E-state index in [1.165, 1.54) is 0 Å². The third kappa shape index (κ3) is 3.86. The third-order valence-electron chi connectivity index (χ3n) is 4.77. The second kappa shape index (κ2) is 8.17. The van der Waals surface area contributed by atoms with Gasteiger partial charge in [-0.15, -0.1) is 0 Å². The molecule has 0 N–H and O–H groups in total. The normalized spacial score (nSPS) is 12.1. The molecule has 1 unspecified atom stereocenters. The maximum atomic E-state index is 6.13. The summed E-state index contributed by atoms with van der Waals surface area (Å²) in [6, 6.07) is 26.1. The number of para-hydroxylation sites is 4. The third-order valence-corrected chi connectivity index (χ3v) is 4.77. The molecule has 0 radical (unpaired) electrons. The predicted molar refractivity (Wildman–Crippen MR) is 112 cm³/mol. The van der Waals surface area contributed by atoms with Gasteiger partial charge in [-0.1, -0.05) is 48.5 Å². The first-order valence-corrected chi connectivity index (χ1v) is 9.57. The molecule has 0 aliphatic heterocycles. The van der Waals surface area contributed by atoms with Crippen molar-refractivity contribution >= 4 is 11.0 Å². The molecule has 4 rings (SSSR count). The van der Waals surface area contributed by atoms with Gasteiger partial charge >= 0.3 is 0 Å². The fourth-order valence-corrected chi connectivity index (χ4v) is 3.36. The summed E-state index contributed by atoms with van der Waals surface area (Å²) in [7, 11) is 0. The van der Waals surface area contributed by atoms with E-state index in [0.29, 0.717) is 13.2 Å². The van der Waals surface area contributed by atoms with Crippen molar-refractivity contribution in [3.63, 3.8) is 0 Å². The van der Waals surface area contributed by atoms with E-state index in [2.05, 4.69) is 23.6 Å². The molecule has 0 saturated carbocycles. The van der Waals surface area contributed by atoms with Crippen LogP contribution >= 0.6 is 0 Å². The van der Waals surface area contributed by atoms with Gasteiger partial charge in [-0.2, -0.15) is 0 Å². The van der Waals surface area contributed by atoms with E-state index >= 15 is 0 Å². The van der Waals surface area contributed by atoms with Crippen molar-refractivity contribution in [2.45, 2.75) is 26.5 Å². The number of aromatic nitrogens is 2. The van der Waals surface area contributed by atoms with E-state index in [0.717, 1.165) is 33.9 Å². The second-order valence-electron chi connectivity index (χ2n) is 6.80. The largest absolute Gasteiger partial charge is 0.491 e. The first-order chi connectivity index (χ1) is 13.7. The van der Waals surface area contributed by atoms with Crippen LogP contribution in [0.25, 0.3) is 11.0 Å². The number of ether oxygens (including phenoxy) is 2. The molecule has 4 nitrogen and oxygen atoms in total. The lowest BCUT2D eigenvalue weighted by Gasteiger charge is -2.17. The number of imidazole rings is 1. The van der Waals surface area contributed by atoms with Crippen molar-refractivity contribution in [2.24, 2.45) is 0 Å². The van der Waals surface area contributed by atoms with E-state index in [9.17, 15) is 0 Å². The van der Waals surface area contributed by atoms with Gasteiger partial charge < -0.3 is 14.0 Å². The van der Waals surface area contributed by atoms with Crippen LogP contribution in [0.4, 0.5) is 0 Å². The summed E-state index contributed by atoms with van der Waals surface area (Å²) in [4.78, 5) is 4.83. The summed E-state index contributed by atoms with van der Waals surface area (Å²) in [6.07, 6.45) is -0.173. The Morgan fingerprint density at radius 3 is 2.43 bits per heavy atom. The summed E-state index contributed by atoms with van der Waals surface area (Å²) in [5.74, 6) is 2.66. The quantitative estimate of drug-likeness (QED) is 0.426. The molecule has 4 aromatic rings. The number of rotatable bonds is 7. The van der Waals surface area contributed by atoms with Crippen molar-refractivity contribution < 1.29 is 9.47 Å². The Hall–Kier alpha value is -3.27. The highest BCUT2D eigenvalue weighted by atomic mass is 16.5. The zero-order valence-corrected chi connectivity index (χ0v) is 16.2. The Balaban J connectivity index is 1.57. The van der Waals surface area contributed by atoms with Crippen LogP contribution in [0.1, 0.15) is 24.4 Å². The van der Waals surface area contributed by atoms with Gasteiger partial charge in [0.1, 0.15) is 18.1 Å². The number of aryl methyl sites for hydroxylation is 1. The zero-order chi connectivity index (χ0) is 19.3. The molecule has 0 spiro atoms. The average Bonchev–Trinajstić information content (AvgIpc) is 3.09. The molecule has 3 aromatic carbocycles. The van der Waals surface area contributed by atoms with Crippen LogP contribution in [-0.4, -0.2) is 16.2 Å². The smallest absolute Gasteiger partial charge is 0.153 e. The maximum absolute atomic E-state index is 6.13. The van der Waals surface area contributed by atoms with Gasteiger partial charge in [-0.05, 0) is 49.7 Å². The number of hydrogen-bond donors (Lipinski definition) is 0. The van der Waals surface area contributed by atoms with Gasteiger partial charge in [0.2, 0.25) is 0 Å². The predicted octanol–water partition coefficient (Wildman–Crippen LogP) is 5.56. The average molecular weight is 372 g/mol. The Morgan fingerprint density at radius 1 is 0.893 bits per heavy atom. The van der Waals surface area contributed by atoms with Crippen molar-refractivity contribution in [1.29, 1.82) is 0 Å². The minimum absolute atomic E-state index is 0.173. The van der Waals surface area contributed by atoms with E-state index in [1.807, 2.05) is 73.7 Å². The highest BCUT2D eigenvalue weighted by Gasteiger charge is 2.18. The second-order valence-corrected chi connectivity index (χ2v) is 6.80. The number of hydrogen-bond acceptors (Lipinski definition) is 3. The van der Waals surface area contributed by atoms with E-state index < -0.39 is 0 Å². The van der Waals surface area contributed by atoms with Crippen molar-refractivity contribution in [3.05, 3.63) is 90.3 Å². The standard InChI is InChI=1S/C24H24N2O2/c1-18-10-6-9-15-23(18)27-17-16-26-22-14-8-7-13-21(22)25-24(26)19(2)28-20-11-4-3-5-12-20/h3-15,19H,16-17H2,1-2H3. The van der Waals surface area contributed by atoms with Crippen LogP contribution < -0.4 is 9.47 Å². The molecular weight excluding hydrogens is 348 g/mol. The van der Waals surface area contributed by atoms with Gasteiger partial charge in [0.15, 0.2) is 11.9 Å². The molecule has 0 amide bonds. The molecule has 4 heteroatoms. The molecule has 0 saturated heterocycles. The first kappa shape index (κ1) is 18.1. The summed E-state index contributed by atoms with van der Waals surface area (Å²) < 4.78 is 14.3. The van der Waals surface area contributed by atoms with Gasteiger partial charge in [-0.25, -0.2) is 4.98 Å². The van der Waals surface area contributed by atoms with Gasteiger partial charge in [0, 0.05) is 0 Å². The summed E-state index contributed by atoms with van der Waals surface area (Å²) in [5.41, 5.74) is 3.20.